The fourth-order valence-electron chi connectivity index (χ4n) is 7.30. The molecule has 5 fully saturated rings. The minimum atomic E-state index is -0.0309. The predicted octanol–water partition coefficient (Wildman–Crippen LogP) is 4.28. The SMILES string of the molecule is CN(CC12CC3CC(CC(C3)C1)C2)C(=O)[C@H]1CCCN(C(=O)c2cccs2)C1. The van der Waals surface area contributed by atoms with Gasteiger partial charge in [0.05, 0.1) is 10.8 Å². The van der Waals surface area contributed by atoms with Crippen LogP contribution in [0, 0.1) is 29.1 Å². The van der Waals surface area contributed by atoms with Gasteiger partial charge in [-0.3, -0.25) is 9.59 Å². The van der Waals surface area contributed by atoms with Gasteiger partial charge in [0.2, 0.25) is 5.91 Å². The summed E-state index contributed by atoms with van der Waals surface area (Å²) in [6, 6.07) is 3.81. The van der Waals surface area contributed by atoms with Crippen molar-refractivity contribution in [3.63, 3.8) is 0 Å². The number of thiophene rings is 1. The highest BCUT2D eigenvalue weighted by atomic mass is 32.1. The third-order valence-corrected chi connectivity index (χ3v) is 8.76. The molecule has 4 bridgehead atoms. The molecule has 0 radical (unpaired) electrons. The van der Waals surface area contributed by atoms with Gasteiger partial charge in [-0.1, -0.05) is 6.07 Å². The van der Waals surface area contributed by atoms with Gasteiger partial charge in [-0.05, 0) is 86.0 Å². The molecule has 0 aromatic carbocycles. The standard InChI is InChI=1S/C23H32N2O2S/c1-24(15-23-11-16-8-17(12-23)10-18(9-16)13-23)21(26)19-4-2-6-25(14-19)22(27)20-5-3-7-28-20/h3,5,7,16-19H,2,4,6,8-15H2,1H3/t16?,17?,18?,19-,23?/m0/s1. The van der Waals surface area contributed by atoms with E-state index < -0.39 is 0 Å². The summed E-state index contributed by atoms with van der Waals surface area (Å²) in [6.45, 7) is 2.30. The molecule has 1 saturated heterocycles. The molecule has 0 N–H and O–H groups in total. The summed E-state index contributed by atoms with van der Waals surface area (Å²) >= 11 is 1.49. The number of carbonyl (C=O) groups is 2. The van der Waals surface area contributed by atoms with Crippen LogP contribution in [0.2, 0.25) is 0 Å². The summed E-state index contributed by atoms with van der Waals surface area (Å²) < 4.78 is 0. The molecular formula is C23H32N2O2S. The Kier molecular flexibility index (Phi) is 4.77. The molecule has 4 saturated carbocycles. The number of nitrogens with zero attached hydrogens (tertiary/aromatic N) is 2. The maximum atomic E-state index is 13.3. The maximum absolute atomic E-state index is 13.3. The zero-order chi connectivity index (χ0) is 19.3. The van der Waals surface area contributed by atoms with Gasteiger partial charge in [0, 0.05) is 26.7 Å². The molecule has 5 aliphatic rings. The molecule has 0 unspecified atom stereocenters. The molecule has 4 aliphatic carbocycles. The van der Waals surface area contributed by atoms with Crippen LogP contribution in [0.25, 0.3) is 0 Å². The van der Waals surface area contributed by atoms with E-state index >= 15 is 0 Å². The van der Waals surface area contributed by atoms with Crippen LogP contribution >= 0.6 is 11.3 Å². The van der Waals surface area contributed by atoms with E-state index in [1.54, 1.807) is 0 Å². The molecule has 2 heterocycles. The first-order valence-corrected chi connectivity index (χ1v) is 12.0. The van der Waals surface area contributed by atoms with Crippen LogP contribution in [0.3, 0.4) is 0 Å². The summed E-state index contributed by atoms with van der Waals surface area (Å²) in [7, 11) is 2.01. The van der Waals surface area contributed by atoms with Crippen molar-refractivity contribution in [3.05, 3.63) is 22.4 Å². The van der Waals surface area contributed by atoms with E-state index in [0.717, 1.165) is 48.6 Å². The lowest BCUT2D eigenvalue weighted by molar-refractivity contribution is -0.141. The molecule has 5 heteroatoms. The zero-order valence-electron chi connectivity index (χ0n) is 16.9. The quantitative estimate of drug-likeness (QED) is 0.757. The molecule has 4 nitrogen and oxygen atoms in total. The first kappa shape index (κ1) is 18.7. The number of carbonyl (C=O) groups excluding carboxylic acids is 2. The van der Waals surface area contributed by atoms with Crippen molar-refractivity contribution in [2.75, 3.05) is 26.7 Å². The van der Waals surface area contributed by atoms with Crippen molar-refractivity contribution >= 4 is 23.2 Å². The van der Waals surface area contributed by atoms with Crippen molar-refractivity contribution in [1.82, 2.24) is 9.80 Å². The van der Waals surface area contributed by atoms with E-state index in [2.05, 4.69) is 0 Å². The highest BCUT2D eigenvalue weighted by molar-refractivity contribution is 7.12. The second-order valence-corrected chi connectivity index (χ2v) is 11.1. The number of piperidine rings is 1. The summed E-state index contributed by atoms with van der Waals surface area (Å²) in [6.07, 6.45) is 10.2. The second-order valence-electron chi connectivity index (χ2n) is 10.2. The van der Waals surface area contributed by atoms with Gasteiger partial charge in [-0.15, -0.1) is 11.3 Å². The van der Waals surface area contributed by atoms with Crippen LogP contribution in [0.1, 0.15) is 61.0 Å². The minimum Gasteiger partial charge on any atom is -0.345 e. The van der Waals surface area contributed by atoms with Gasteiger partial charge < -0.3 is 9.80 Å². The Balaban J connectivity index is 1.23. The van der Waals surface area contributed by atoms with Crippen molar-refractivity contribution in [2.24, 2.45) is 29.1 Å². The smallest absolute Gasteiger partial charge is 0.263 e. The molecule has 1 atom stereocenters. The Morgan fingerprint density at radius 2 is 1.86 bits per heavy atom. The van der Waals surface area contributed by atoms with E-state index in [1.165, 1.54) is 49.9 Å². The minimum absolute atomic E-state index is 0.0309. The monoisotopic (exact) mass is 400 g/mol. The molecule has 1 aromatic rings. The first-order valence-electron chi connectivity index (χ1n) is 11.1. The zero-order valence-corrected chi connectivity index (χ0v) is 17.8. The van der Waals surface area contributed by atoms with Gasteiger partial charge in [-0.25, -0.2) is 0 Å². The lowest BCUT2D eigenvalue weighted by atomic mass is 9.49. The van der Waals surface area contributed by atoms with Gasteiger partial charge in [0.1, 0.15) is 0 Å². The van der Waals surface area contributed by atoms with E-state index in [0.29, 0.717) is 12.0 Å². The molecule has 6 rings (SSSR count). The number of likely N-dealkylation sites (tertiary alicyclic amines) is 1. The predicted molar refractivity (Wildman–Crippen MR) is 111 cm³/mol. The summed E-state index contributed by atoms with van der Waals surface area (Å²) in [5.74, 6) is 3.09. The lowest BCUT2D eigenvalue weighted by Crippen LogP contribution is -2.53. The Hall–Kier alpha value is -1.36. The highest BCUT2D eigenvalue weighted by Gasteiger charge is 2.51. The average molecular weight is 401 g/mol. The number of hydrogen-bond acceptors (Lipinski definition) is 3. The van der Waals surface area contributed by atoms with E-state index in [-0.39, 0.29) is 17.7 Å². The fraction of sp³-hybridized carbons (Fsp3) is 0.739. The van der Waals surface area contributed by atoms with Crippen LogP contribution in [0.4, 0.5) is 0 Å². The Labute approximate surface area is 172 Å². The van der Waals surface area contributed by atoms with Gasteiger partial charge in [-0.2, -0.15) is 0 Å². The molecule has 2 amide bonds. The molecule has 0 spiro atoms. The second kappa shape index (κ2) is 7.16. The van der Waals surface area contributed by atoms with Crippen molar-refractivity contribution in [2.45, 2.75) is 51.4 Å². The van der Waals surface area contributed by atoms with Crippen LogP contribution in [-0.4, -0.2) is 48.3 Å². The Bertz CT molecular complexity index is 709. The summed E-state index contributed by atoms with van der Waals surface area (Å²) in [5, 5.41) is 1.94. The van der Waals surface area contributed by atoms with E-state index in [9.17, 15) is 9.59 Å². The molecule has 1 aromatic heterocycles. The maximum Gasteiger partial charge on any atom is 0.263 e. The van der Waals surface area contributed by atoms with Crippen molar-refractivity contribution < 1.29 is 9.59 Å². The van der Waals surface area contributed by atoms with Crippen LogP contribution in [-0.2, 0) is 4.79 Å². The van der Waals surface area contributed by atoms with Crippen molar-refractivity contribution in [3.8, 4) is 0 Å². The normalized spacial score (nSPS) is 36.5. The third kappa shape index (κ3) is 3.40. The number of amides is 2. The molecule has 1 aliphatic heterocycles. The molecule has 28 heavy (non-hydrogen) atoms. The fourth-order valence-corrected chi connectivity index (χ4v) is 7.99. The number of hydrogen-bond donors (Lipinski definition) is 0. The van der Waals surface area contributed by atoms with Crippen molar-refractivity contribution in [1.29, 1.82) is 0 Å². The van der Waals surface area contributed by atoms with Crippen LogP contribution < -0.4 is 0 Å². The van der Waals surface area contributed by atoms with Gasteiger partial charge >= 0.3 is 0 Å². The Morgan fingerprint density at radius 3 is 2.46 bits per heavy atom. The van der Waals surface area contributed by atoms with E-state index in [4.69, 9.17) is 0 Å². The van der Waals surface area contributed by atoms with Gasteiger partial charge in [0.25, 0.3) is 5.91 Å². The number of rotatable bonds is 4. The first-order chi connectivity index (χ1) is 13.5. The van der Waals surface area contributed by atoms with Gasteiger partial charge in [0.15, 0.2) is 0 Å². The average Bonchev–Trinajstić information content (AvgIpc) is 3.20. The highest BCUT2D eigenvalue weighted by Crippen LogP contribution is 2.60. The Morgan fingerprint density at radius 1 is 1.18 bits per heavy atom. The van der Waals surface area contributed by atoms with E-state index in [1.807, 2.05) is 34.4 Å². The summed E-state index contributed by atoms with van der Waals surface area (Å²) in [4.78, 5) is 30.7. The third-order valence-electron chi connectivity index (χ3n) is 7.90. The van der Waals surface area contributed by atoms with Crippen LogP contribution in [0.15, 0.2) is 17.5 Å². The summed E-state index contributed by atoms with van der Waals surface area (Å²) in [5.41, 5.74) is 0.389. The molecule has 152 valence electrons. The van der Waals surface area contributed by atoms with Crippen LogP contribution in [0.5, 0.6) is 0 Å². The lowest BCUT2D eigenvalue weighted by Gasteiger charge is -2.57. The topological polar surface area (TPSA) is 40.6 Å². The largest absolute Gasteiger partial charge is 0.345 e. The molecular weight excluding hydrogens is 368 g/mol.